The fourth-order valence-electron chi connectivity index (χ4n) is 8.17. The van der Waals surface area contributed by atoms with Crippen molar-refractivity contribution in [3.8, 4) is 0 Å². The predicted octanol–water partition coefficient (Wildman–Crippen LogP) is 4.47. The molecule has 31 heavy (non-hydrogen) atoms. The molecule has 0 aromatic heterocycles. The van der Waals surface area contributed by atoms with Gasteiger partial charge in [0.25, 0.3) is 5.91 Å². The zero-order valence-corrected chi connectivity index (χ0v) is 19.3. The van der Waals surface area contributed by atoms with Crippen molar-refractivity contribution in [3.05, 3.63) is 34.3 Å². The molecule has 3 aliphatic heterocycles. The molecule has 3 saturated heterocycles. The molecule has 1 atom stereocenters. The van der Waals surface area contributed by atoms with E-state index < -0.39 is 0 Å². The van der Waals surface area contributed by atoms with E-state index in [0.717, 1.165) is 48.9 Å². The number of amides is 1. The van der Waals surface area contributed by atoms with Crippen molar-refractivity contribution in [1.82, 2.24) is 15.5 Å². The summed E-state index contributed by atoms with van der Waals surface area (Å²) in [5.74, 6) is 3.54. The Labute approximate surface area is 191 Å². The average molecular weight is 442 g/mol. The van der Waals surface area contributed by atoms with Crippen LogP contribution in [0.1, 0.15) is 67.3 Å². The zero-order valence-electron chi connectivity index (χ0n) is 18.5. The summed E-state index contributed by atoms with van der Waals surface area (Å²) in [5, 5.41) is 7.62. The molecule has 0 radical (unpaired) electrons. The van der Waals surface area contributed by atoms with Crippen LogP contribution in [0.15, 0.2) is 18.2 Å². The second-order valence-corrected chi connectivity index (χ2v) is 11.9. The van der Waals surface area contributed by atoms with Crippen LogP contribution in [0.25, 0.3) is 0 Å². The third-order valence-electron chi connectivity index (χ3n) is 9.29. The topological polar surface area (TPSA) is 44.4 Å². The normalized spacial score (nSPS) is 40.3. The van der Waals surface area contributed by atoms with E-state index in [4.69, 9.17) is 11.6 Å². The lowest BCUT2D eigenvalue weighted by molar-refractivity contribution is -0.0503. The van der Waals surface area contributed by atoms with E-state index in [0.29, 0.717) is 22.0 Å². The van der Waals surface area contributed by atoms with Crippen molar-refractivity contribution in [2.45, 2.75) is 64.0 Å². The maximum atomic E-state index is 13.1. The first-order valence-electron chi connectivity index (χ1n) is 12.6. The molecule has 2 N–H and O–H groups in total. The zero-order chi connectivity index (χ0) is 21.0. The number of halogens is 1. The monoisotopic (exact) mass is 441 g/mol. The minimum absolute atomic E-state index is 0.00503. The van der Waals surface area contributed by atoms with Crippen LogP contribution in [-0.2, 0) is 6.54 Å². The maximum Gasteiger partial charge on any atom is 0.252 e. The van der Waals surface area contributed by atoms with E-state index >= 15 is 0 Å². The van der Waals surface area contributed by atoms with Gasteiger partial charge in [-0.3, -0.25) is 4.79 Å². The van der Waals surface area contributed by atoms with Gasteiger partial charge in [-0.1, -0.05) is 17.7 Å². The third-order valence-corrected chi connectivity index (χ3v) is 9.62. The van der Waals surface area contributed by atoms with Crippen molar-refractivity contribution in [3.63, 3.8) is 0 Å². The van der Waals surface area contributed by atoms with Crippen LogP contribution in [0.3, 0.4) is 0 Å². The van der Waals surface area contributed by atoms with Gasteiger partial charge in [-0.15, -0.1) is 0 Å². The lowest BCUT2D eigenvalue weighted by Gasteiger charge is -2.56. The minimum atomic E-state index is 0.00503. The lowest BCUT2D eigenvalue weighted by Crippen LogP contribution is -2.55. The van der Waals surface area contributed by atoms with Gasteiger partial charge in [-0.25, -0.2) is 0 Å². The maximum absolute atomic E-state index is 13.1. The Balaban J connectivity index is 1.08. The van der Waals surface area contributed by atoms with Crippen LogP contribution in [0.5, 0.6) is 0 Å². The molecule has 7 aliphatic rings. The summed E-state index contributed by atoms with van der Waals surface area (Å²) in [4.78, 5) is 15.7. The van der Waals surface area contributed by atoms with E-state index in [2.05, 4.69) is 21.6 Å². The molecule has 7 fully saturated rings. The molecule has 168 valence electrons. The summed E-state index contributed by atoms with van der Waals surface area (Å²) < 4.78 is 0. The molecule has 0 spiro atoms. The number of piperidine rings is 3. The van der Waals surface area contributed by atoms with E-state index in [9.17, 15) is 4.79 Å². The molecule has 5 heteroatoms. The Morgan fingerprint density at radius 2 is 1.74 bits per heavy atom. The SMILES string of the molecule is O=C(NCC12CC3CC(CC(C3)C1)C2)c1cc(CNC2CN3CCC2CC3)ccc1Cl. The molecule has 6 bridgehead atoms. The molecule has 1 amide bonds. The fourth-order valence-corrected chi connectivity index (χ4v) is 8.37. The number of nitrogens with one attached hydrogen (secondary N) is 2. The highest BCUT2D eigenvalue weighted by Gasteiger charge is 2.50. The van der Waals surface area contributed by atoms with Gasteiger partial charge in [0.2, 0.25) is 0 Å². The Kier molecular flexibility index (Phi) is 5.32. The highest BCUT2D eigenvalue weighted by Crippen LogP contribution is 2.59. The minimum Gasteiger partial charge on any atom is -0.351 e. The molecule has 3 heterocycles. The number of hydrogen-bond acceptors (Lipinski definition) is 3. The number of rotatable bonds is 6. The first-order chi connectivity index (χ1) is 15.1. The summed E-state index contributed by atoms with van der Waals surface area (Å²) >= 11 is 6.46. The van der Waals surface area contributed by atoms with Crippen LogP contribution in [0.2, 0.25) is 5.02 Å². The van der Waals surface area contributed by atoms with Crippen molar-refractivity contribution in [1.29, 1.82) is 0 Å². The van der Waals surface area contributed by atoms with Gasteiger partial charge in [-0.05, 0) is 111 Å². The summed E-state index contributed by atoms with van der Waals surface area (Å²) in [6, 6.07) is 6.54. The number of hydrogen-bond donors (Lipinski definition) is 2. The van der Waals surface area contributed by atoms with Gasteiger partial charge in [0.05, 0.1) is 10.6 Å². The molecule has 4 aliphatic carbocycles. The predicted molar refractivity (Wildman–Crippen MR) is 124 cm³/mol. The van der Waals surface area contributed by atoms with Gasteiger partial charge in [0.15, 0.2) is 0 Å². The summed E-state index contributed by atoms with van der Waals surface area (Å²) in [6.45, 7) is 5.32. The van der Waals surface area contributed by atoms with E-state index in [1.54, 1.807) is 0 Å². The first-order valence-corrected chi connectivity index (χ1v) is 13.0. The van der Waals surface area contributed by atoms with Crippen molar-refractivity contribution in [2.24, 2.45) is 29.1 Å². The van der Waals surface area contributed by atoms with Crippen molar-refractivity contribution < 1.29 is 4.79 Å². The van der Waals surface area contributed by atoms with Crippen LogP contribution >= 0.6 is 11.6 Å². The Morgan fingerprint density at radius 3 is 2.35 bits per heavy atom. The molecule has 4 nitrogen and oxygen atoms in total. The Bertz CT molecular complexity index is 812. The molecule has 1 unspecified atom stereocenters. The van der Waals surface area contributed by atoms with Gasteiger partial charge < -0.3 is 15.5 Å². The fraction of sp³-hybridized carbons (Fsp3) is 0.731. The lowest BCUT2D eigenvalue weighted by atomic mass is 9.49. The van der Waals surface area contributed by atoms with E-state index in [-0.39, 0.29) is 5.91 Å². The van der Waals surface area contributed by atoms with Gasteiger partial charge in [-0.2, -0.15) is 0 Å². The highest BCUT2D eigenvalue weighted by atomic mass is 35.5. The number of nitrogens with zero attached hydrogens (tertiary/aromatic N) is 1. The summed E-state index contributed by atoms with van der Waals surface area (Å²) in [5.41, 5.74) is 2.14. The van der Waals surface area contributed by atoms with E-state index in [1.807, 2.05) is 12.1 Å². The van der Waals surface area contributed by atoms with Crippen LogP contribution in [-0.4, -0.2) is 43.0 Å². The quantitative estimate of drug-likeness (QED) is 0.684. The number of carbonyl (C=O) groups excluding carboxylic acids is 1. The first kappa shape index (κ1) is 20.5. The second kappa shape index (κ2) is 8.04. The number of fused-ring (bicyclic) bond motifs is 3. The number of benzene rings is 1. The highest BCUT2D eigenvalue weighted by molar-refractivity contribution is 6.33. The molecule has 8 rings (SSSR count). The van der Waals surface area contributed by atoms with Crippen molar-refractivity contribution in [2.75, 3.05) is 26.2 Å². The summed E-state index contributed by atoms with van der Waals surface area (Å²) in [7, 11) is 0. The van der Waals surface area contributed by atoms with Gasteiger partial charge in [0, 0.05) is 25.7 Å². The summed E-state index contributed by atoms with van der Waals surface area (Å²) in [6.07, 6.45) is 10.9. The van der Waals surface area contributed by atoms with Crippen LogP contribution < -0.4 is 10.6 Å². The molecule has 1 aromatic rings. The molecule has 1 aromatic carbocycles. The second-order valence-electron chi connectivity index (χ2n) is 11.5. The van der Waals surface area contributed by atoms with Gasteiger partial charge in [0.1, 0.15) is 0 Å². The van der Waals surface area contributed by atoms with Gasteiger partial charge >= 0.3 is 0 Å². The standard InChI is InChI=1S/C26H36ClN3O/c27-23-2-1-17(14-28-24-15-30-5-3-21(24)4-6-30)10-22(23)25(31)29-16-26-11-18-7-19(12-26)9-20(8-18)13-26/h1-2,10,18-21,24,28H,3-9,11-16H2,(H,29,31). The third kappa shape index (κ3) is 4.05. The van der Waals surface area contributed by atoms with Crippen molar-refractivity contribution >= 4 is 17.5 Å². The number of carbonyl (C=O) groups is 1. The Hall–Kier alpha value is -1.10. The molecular formula is C26H36ClN3O. The average Bonchev–Trinajstić information content (AvgIpc) is 2.77. The smallest absolute Gasteiger partial charge is 0.252 e. The molecular weight excluding hydrogens is 406 g/mol. The molecule has 4 saturated carbocycles. The largest absolute Gasteiger partial charge is 0.351 e. The van der Waals surface area contributed by atoms with E-state index in [1.165, 1.54) is 64.5 Å². The van der Waals surface area contributed by atoms with Crippen LogP contribution in [0, 0.1) is 29.1 Å². The Morgan fingerprint density at radius 1 is 1.06 bits per heavy atom. The van der Waals surface area contributed by atoms with Crippen LogP contribution in [0.4, 0.5) is 0 Å².